The molecule has 0 atom stereocenters. The normalized spacial score (nSPS) is 22.2. The highest BCUT2D eigenvalue weighted by Gasteiger charge is 2.34. The molecule has 0 bridgehead atoms. The van der Waals surface area contributed by atoms with Gasteiger partial charge in [0, 0.05) is 6.54 Å². The Morgan fingerprint density at radius 2 is 1.82 bits per heavy atom. The summed E-state index contributed by atoms with van der Waals surface area (Å²) in [6.07, 6.45) is 7.60. The number of hydrogen-bond donors (Lipinski definition) is 2. The summed E-state index contributed by atoms with van der Waals surface area (Å²) in [4.78, 5) is 0. The first-order chi connectivity index (χ1) is 8.29. The van der Waals surface area contributed by atoms with Gasteiger partial charge in [-0.3, -0.25) is 0 Å². The maximum absolute atomic E-state index is 13.6. The van der Waals surface area contributed by atoms with Crippen molar-refractivity contribution in [3.63, 3.8) is 0 Å². The quantitative estimate of drug-likeness (QED) is 0.714. The first kappa shape index (κ1) is 10.9. The minimum Gasteiger partial charge on any atom is -0.379 e. The number of benzene rings is 1. The second-order valence-corrected chi connectivity index (χ2v) is 5.34. The summed E-state index contributed by atoms with van der Waals surface area (Å²) < 4.78 is 13.6. The molecule has 1 aromatic carbocycles. The maximum atomic E-state index is 13.6. The minimum absolute atomic E-state index is 0.150. The molecule has 0 radical (unpaired) electrons. The van der Waals surface area contributed by atoms with Crippen LogP contribution in [0.15, 0.2) is 18.2 Å². The Morgan fingerprint density at radius 1 is 1.06 bits per heavy atom. The summed E-state index contributed by atoms with van der Waals surface area (Å²) in [6, 6.07) is 5.26. The molecular formula is C14H19FN2. The summed E-state index contributed by atoms with van der Waals surface area (Å²) in [5.74, 6) is -0.154. The van der Waals surface area contributed by atoms with Gasteiger partial charge < -0.3 is 10.6 Å². The van der Waals surface area contributed by atoms with Crippen LogP contribution in [0.1, 0.15) is 38.5 Å². The number of para-hydroxylation sites is 1. The van der Waals surface area contributed by atoms with Crippen molar-refractivity contribution >= 4 is 11.4 Å². The van der Waals surface area contributed by atoms with Crippen LogP contribution in [-0.2, 0) is 0 Å². The highest BCUT2D eigenvalue weighted by Crippen LogP contribution is 2.38. The Labute approximate surface area is 102 Å². The third kappa shape index (κ3) is 1.99. The molecule has 1 heterocycles. The van der Waals surface area contributed by atoms with Crippen molar-refractivity contribution in [3.8, 4) is 0 Å². The van der Waals surface area contributed by atoms with Gasteiger partial charge in [-0.2, -0.15) is 0 Å². The first-order valence-electron chi connectivity index (χ1n) is 6.60. The van der Waals surface area contributed by atoms with Gasteiger partial charge in [-0.25, -0.2) is 4.39 Å². The van der Waals surface area contributed by atoms with Crippen molar-refractivity contribution in [3.05, 3.63) is 24.0 Å². The van der Waals surface area contributed by atoms with E-state index in [1.54, 1.807) is 6.07 Å². The zero-order valence-electron chi connectivity index (χ0n) is 10.1. The lowest BCUT2D eigenvalue weighted by molar-refractivity contribution is 0.421. The zero-order valence-corrected chi connectivity index (χ0v) is 10.1. The third-order valence-electron chi connectivity index (χ3n) is 4.08. The molecular weight excluding hydrogens is 215 g/mol. The molecule has 2 aliphatic rings. The Hall–Kier alpha value is -1.25. The fourth-order valence-corrected chi connectivity index (χ4v) is 3.10. The molecule has 2 N–H and O–H groups in total. The molecule has 1 aliphatic heterocycles. The predicted molar refractivity (Wildman–Crippen MR) is 68.9 cm³/mol. The SMILES string of the molecule is Fc1cccc2c1NCC1(CCCCCC1)N2. The smallest absolute Gasteiger partial charge is 0.148 e. The molecule has 0 aromatic heterocycles. The third-order valence-corrected chi connectivity index (χ3v) is 4.08. The molecule has 1 aromatic rings. The van der Waals surface area contributed by atoms with Crippen LogP contribution >= 0.6 is 0 Å². The van der Waals surface area contributed by atoms with Crippen molar-refractivity contribution in [1.82, 2.24) is 0 Å². The molecule has 1 fully saturated rings. The van der Waals surface area contributed by atoms with Crippen molar-refractivity contribution in [2.45, 2.75) is 44.1 Å². The second-order valence-electron chi connectivity index (χ2n) is 5.34. The van der Waals surface area contributed by atoms with Gasteiger partial charge >= 0.3 is 0 Å². The molecule has 1 saturated carbocycles. The van der Waals surface area contributed by atoms with E-state index in [0.29, 0.717) is 5.69 Å². The first-order valence-corrected chi connectivity index (χ1v) is 6.60. The fourth-order valence-electron chi connectivity index (χ4n) is 3.10. The highest BCUT2D eigenvalue weighted by atomic mass is 19.1. The van der Waals surface area contributed by atoms with Gasteiger partial charge in [0.2, 0.25) is 0 Å². The second kappa shape index (κ2) is 4.21. The van der Waals surface area contributed by atoms with Crippen molar-refractivity contribution in [1.29, 1.82) is 0 Å². The zero-order chi connectivity index (χ0) is 11.7. The summed E-state index contributed by atoms with van der Waals surface area (Å²) in [6.45, 7) is 0.848. The number of hydrogen-bond acceptors (Lipinski definition) is 2. The molecule has 92 valence electrons. The Bertz CT molecular complexity index is 409. The van der Waals surface area contributed by atoms with Crippen LogP contribution in [0.4, 0.5) is 15.8 Å². The van der Waals surface area contributed by atoms with E-state index in [-0.39, 0.29) is 11.4 Å². The summed E-state index contributed by atoms with van der Waals surface area (Å²) in [5, 5.41) is 6.87. The van der Waals surface area contributed by atoms with Crippen LogP contribution in [0.2, 0.25) is 0 Å². The molecule has 0 amide bonds. The van der Waals surface area contributed by atoms with E-state index in [4.69, 9.17) is 0 Å². The van der Waals surface area contributed by atoms with Crippen LogP contribution in [0, 0.1) is 5.82 Å². The van der Waals surface area contributed by atoms with Crippen molar-refractivity contribution in [2.75, 3.05) is 17.2 Å². The lowest BCUT2D eigenvalue weighted by atomic mass is 9.87. The lowest BCUT2D eigenvalue weighted by Crippen LogP contribution is -2.47. The summed E-state index contributed by atoms with van der Waals surface area (Å²) in [5.41, 5.74) is 1.72. The molecule has 0 saturated heterocycles. The van der Waals surface area contributed by atoms with Gasteiger partial charge in [0.15, 0.2) is 0 Å². The van der Waals surface area contributed by atoms with E-state index >= 15 is 0 Å². The topological polar surface area (TPSA) is 24.1 Å². The van der Waals surface area contributed by atoms with E-state index in [9.17, 15) is 4.39 Å². The van der Waals surface area contributed by atoms with Gasteiger partial charge in [0.25, 0.3) is 0 Å². The van der Waals surface area contributed by atoms with Crippen molar-refractivity contribution in [2.24, 2.45) is 0 Å². The largest absolute Gasteiger partial charge is 0.379 e. The molecule has 3 heteroatoms. The van der Waals surface area contributed by atoms with Crippen LogP contribution in [0.5, 0.6) is 0 Å². The molecule has 2 nitrogen and oxygen atoms in total. The fraction of sp³-hybridized carbons (Fsp3) is 0.571. The number of nitrogens with one attached hydrogen (secondary N) is 2. The van der Waals surface area contributed by atoms with E-state index < -0.39 is 0 Å². The summed E-state index contributed by atoms with van der Waals surface area (Å²) >= 11 is 0. The molecule has 1 aliphatic carbocycles. The number of anilines is 2. The molecule has 3 rings (SSSR count). The van der Waals surface area contributed by atoms with Crippen LogP contribution in [0.25, 0.3) is 0 Å². The average molecular weight is 234 g/mol. The monoisotopic (exact) mass is 234 g/mol. The standard InChI is InChI=1S/C14H19FN2/c15-11-6-5-7-12-13(11)16-10-14(17-12)8-3-1-2-4-9-14/h5-7,16-17H,1-4,8-10H2. The lowest BCUT2D eigenvalue weighted by Gasteiger charge is -2.40. The van der Waals surface area contributed by atoms with E-state index in [1.165, 1.54) is 44.6 Å². The molecule has 17 heavy (non-hydrogen) atoms. The van der Waals surface area contributed by atoms with Gasteiger partial charge in [-0.05, 0) is 25.0 Å². The van der Waals surface area contributed by atoms with Gasteiger partial charge in [-0.15, -0.1) is 0 Å². The van der Waals surface area contributed by atoms with Gasteiger partial charge in [-0.1, -0.05) is 31.7 Å². The average Bonchev–Trinajstić information content (AvgIpc) is 2.55. The Balaban J connectivity index is 1.88. The van der Waals surface area contributed by atoms with Crippen LogP contribution in [-0.4, -0.2) is 12.1 Å². The molecule has 1 spiro atoms. The van der Waals surface area contributed by atoms with Crippen LogP contribution in [0.3, 0.4) is 0 Å². The molecule has 0 unspecified atom stereocenters. The minimum atomic E-state index is -0.154. The number of fused-ring (bicyclic) bond motifs is 1. The van der Waals surface area contributed by atoms with Gasteiger partial charge in [0.1, 0.15) is 5.82 Å². The Morgan fingerprint density at radius 3 is 2.59 bits per heavy atom. The number of rotatable bonds is 0. The van der Waals surface area contributed by atoms with E-state index in [1.807, 2.05) is 6.07 Å². The number of halogens is 1. The highest BCUT2D eigenvalue weighted by molar-refractivity contribution is 5.72. The van der Waals surface area contributed by atoms with E-state index in [0.717, 1.165) is 12.2 Å². The van der Waals surface area contributed by atoms with Crippen LogP contribution < -0.4 is 10.6 Å². The Kier molecular flexibility index (Phi) is 2.69. The predicted octanol–water partition coefficient (Wildman–Crippen LogP) is 3.76. The van der Waals surface area contributed by atoms with Crippen molar-refractivity contribution < 1.29 is 4.39 Å². The maximum Gasteiger partial charge on any atom is 0.148 e. The van der Waals surface area contributed by atoms with E-state index in [2.05, 4.69) is 10.6 Å². The van der Waals surface area contributed by atoms with Gasteiger partial charge in [0.05, 0.1) is 16.9 Å². The summed E-state index contributed by atoms with van der Waals surface area (Å²) in [7, 11) is 0.